The molecule has 8 nitrogen and oxygen atoms in total. The Labute approximate surface area is 210 Å². The van der Waals surface area contributed by atoms with E-state index in [2.05, 4.69) is 48.4 Å². The number of methoxy groups -OCH3 is 1. The molecule has 3 heterocycles. The summed E-state index contributed by atoms with van der Waals surface area (Å²) in [4.78, 5) is 17.0. The Balaban J connectivity index is 1.51. The number of pyridine rings is 1. The van der Waals surface area contributed by atoms with Crippen molar-refractivity contribution < 1.29 is 14.3 Å². The molecule has 2 aromatic heterocycles. The van der Waals surface area contributed by atoms with Crippen molar-refractivity contribution in [1.82, 2.24) is 20.1 Å². The lowest BCUT2D eigenvalue weighted by Crippen LogP contribution is -2.35. The third-order valence-corrected chi connectivity index (χ3v) is 6.32. The van der Waals surface area contributed by atoms with Gasteiger partial charge in [-0.1, -0.05) is 44.2 Å². The standard InChI is InChI=1S/C28H29N5O3/c1-17(2)19-6-4-18(5-7-19)16-36-22-9-8-20(14-23(22)35-3)25-26(21-10-11-30-24(29)15-21)32-33-13-12-31-28(34)27(25)33/h4-11,14-15,17H,12-13,16H2,1-3H3,(H2,29,30)(H,31,34). The Morgan fingerprint density at radius 1 is 1.06 bits per heavy atom. The molecule has 36 heavy (non-hydrogen) atoms. The number of hydrogen-bond acceptors (Lipinski definition) is 6. The van der Waals surface area contributed by atoms with E-state index in [0.29, 0.717) is 59.9 Å². The Hall–Kier alpha value is -4.33. The summed E-state index contributed by atoms with van der Waals surface area (Å²) in [6.45, 7) is 5.88. The first kappa shape index (κ1) is 23.4. The Kier molecular flexibility index (Phi) is 6.33. The number of nitrogens with one attached hydrogen (secondary N) is 1. The molecule has 1 amide bonds. The fourth-order valence-electron chi connectivity index (χ4n) is 4.39. The maximum absolute atomic E-state index is 12.9. The van der Waals surface area contributed by atoms with Crippen molar-refractivity contribution in [3.8, 4) is 33.9 Å². The van der Waals surface area contributed by atoms with Gasteiger partial charge in [-0.05, 0) is 46.9 Å². The summed E-state index contributed by atoms with van der Waals surface area (Å²) < 4.78 is 13.5. The van der Waals surface area contributed by atoms with Crippen LogP contribution >= 0.6 is 0 Å². The first-order chi connectivity index (χ1) is 17.4. The molecule has 3 N–H and O–H groups in total. The maximum atomic E-state index is 12.9. The number of carbonyl (C=O) groups is 1. The van der Waals surface area contributed by atoms with Gasteiger partial charge in [0, 0.05) is 23.9 Å². The van der Waals surface area contributed by atoms with Gasteiger partial charge in [0.2, 0.25) is 0 Å². The van der Waals surface area contributed by atoms with Crippen LogP contribution in [0.1, 0.15) is 41.4 Å². The van der Waals surface area contributed by atoms with Crippen LogP contribution in [0.3, 0.4) is 0 Å². The number of hydrogen-bond donors (Lipinski definition) is 2. The van der Waals surface area contributed by atoms with Crippen LogP contribution in [0.2, 0.25) is 0 Å². The third kappa shape index (κ3) is 4.49. The van der Waals surface area contributed by atoms with Crippen molar-refractivity contribution in [3.05, 3.63) is 77.6 Å². The number of aromatic nitrogens is 3. The van der Waals surface area contributed by atoms with Gasteiger partial charge in [0.25, 0.3) is 5.91 Å². The molecular weight excluding hydrogens is 454 g/mol. The summed E-state index contributed by atoms with van der Waals surface area (Å²) in [6, 6.07) is 17.7. The van der Waals surface area contributed by atoms with E-state index in [9.17, 15) is 4.79 Å². The van der Waals surface area contributed by atoms with E-state index in [1.165, 1.54) is 5.56 Å². The van der Waals surface area contributed by atoms with Gasteiger partial charge in [0.1, 0.15) is 23.8 Å². The number of ether oxygens (including phenoxy) is 2. The zero-order valence-corrected chi connectivity index (χ0v) is 20.6. The molecule has 1 aliphatic rings. The summed E-state index contributed by atoms with van der Waals surface area (Å²) >= 11 is 0. The number of benzene rings is 2. The summed E-state index contributed by atoms with van der Waals surface area (Å²) in [7, 11) is 1.61. The largest absolute Gasteiger partial charge is 0.493 e. The number of anilines is 1. The lowest BCUT2D eigenvalue weighted by molar-refractivity contribution is 0.0925. The third-order valence-electron chi connectivity index (χ3n) is 6.32. The van der Waals surface area contributed by atoms with Crippen molar-refractivity contribution in [2.45, 2.75) is 32.9 Å². The SMILES string of the molecule is COc1cc(-c2c(-c3ccnc(N)c3)nn3c2C(=O)NCC3)ccc1OCc1ccc(C(C)C)cc1. The molecule has 4 aromatic rings. The van der Waals surface area contributed by atoms with Gasteiger partial charge in [-0.15, -0.1) is 0 Å². The van der Waals surface area contributed by atoms with E-state index in [-0.39, 0.29) is 5.91 Å². The molecule has 0 fully saturated rings. The highest BCUT2D eigenvalue weighted by molar-refractivity contribution is 6.03. The number of fused-ring (bicyclic) bond motifs is 1. The number of rotatable bonds is 7. The minimum Gasteiger partial charge on any atom is -0.493 e. The molecular formula is C28H29N5O3. The van der Waals surface area contributed by atoms with E-state index in [1.54, 1.807) is 24.1 Å². The average Bonchev–Trinajstić information content (AvgIpc) is 3.29. The molecule has 5 rings (SSSR count). The smallest absolute Gasteiger partial charge is 0.270 e. The highest BCUT2D eigenvalue weighted by Gasteiger charge is 2.28. The number of carbonyl (C=O) groups excluding carboxylic acids is 1. The van der Waals surface area contributed by atoms with Gasteiger partial charge in [-0.2, -0.15) is 5.10 Å². The average molecular weight is 484 g/mol. The van der Waals surface area contributed by atoms with E-state index in [1.807, 2.05) is 24.3 Å². The Bertz CT molecular complexity index is 1410. The van der Waals surface area contributed by atoms with Crippen molar-refractivity contribution in [2.75, 3.05) is 19.4 Å². The van der Waals surface area contributed by atoms with E-state index < -0.39 is 0 Å². The molecule has 8 heteroatoms. The molecule has 0 spiro atoms. The molecule has 0 saturated heterocycles. The maximum Gasteiger partial charge on any atom is 0.270 e. The summed E-state index contributed by atoms with van der Waals surface area (Å²) in [5.41, 5.74) is 11.8. The van der Waals surface area contributed by atoms with Crippen molar-refractivity contribution in [1.29, 1.82) is 0 Å². The van der Waals surface area contributed by atoms with Gasteiger partial charge in [-0.3, -0.25) is 9.48 Å². The zero-order valence-electron chi connectivity index (χ0n) is 20.6. The predicted molar refractivity (Wildman–Crippen MR) is 139 cm³/mol. The zero-order chi connectivity index (χ0) is 25.2. The van der Waals surface area contributed by atoms with Crippen molar-refractivity contribution in [2.24, 2.45) is 0 Å². The first-order valence-electron chi connectivity index (χ1n) is 12.0. The van der Waals surface area contributed by atoms with E-state index in [4.69, 9.17) is 20.3 Å². The molecule has 1 aliphatic heterocycles. The Morgan fingerprint density at radius 3 is 2.58 bits per heavy atom. The molecule has 0 bridgehead atoms. The normalized spacial score (nSPS) is 12.8. The second kappa shape index (κ2) is 9.73. The van der Waals surface area contributed by atoms with E-state index in [0.717, 1.165) is 16.7 Å². The molecule has 0 radical (unpaired) electrons. The molecule has 184 valence electrons. The predicted octanol–water partition coefficient (Wildman–Crippen LogP) is 4.65. The fraction of sp³-hybridized carbons (Fsp3) is 0.250. The lowest BCUT2D eigenvalue weighted by Gasteiger charge is -2.16. The van der Waals surface area contributed by atoms with Gasteiger partial charge < -0.3 is 20.5 Å². The lowest BCUT2D eigenvalue weighted by atomic mass is 9.98. The van der Waals surface area contributed by atoms with Gasteiger partial charge in [-0.25, -0.2) is 4.98 Å². The molecule has 0 aliphatic carbocycles. The van der Waals surface area contributed by atoms with Crippen LogP contribution in [0.5, 0.6) is 11.5 Å². The van der Waals surface area contributed by atoms with Gasteiger partial charge in [0.15, 0.2) is 11.5 Å². The minimum atomic E-state index is -0.166. The summed E-state index contributed by atoms with van der Waals surface area (Å²) in [5.74, 6) is 1.90. The quantitative estimate of drug-likeness (QED) is 0.397. The first-order valence-corrected chi connectivity index (χ1v) is 12.0. The fourth-order valence-corrected chi connectivity index (χ4v) is 4.39. The van der Waals surface area contributed by atoms with Crippen LogP contribution in [-0.4, -0.2) is 34.3 Å². The highest BCUT2D eigenvalue weighted by Crippen LogP contribution is 2.40. The molecule has 2 aromatic carbocycles. The van der Waals surface area contributed by atoms with Crippen LogP contribution in [0.4, 0.5) is 5.82 Å². The van der Waals surface area contributed by atoms with E-state index >= 15 is 0 Å². The number of amides is 1. The van der Waals surface area contributed by atoms with Crippen LogP contribution < -0.4 is 20.5 Å². The minimum absolute atomic E-state index is 0.166. The van der Waals surface area contributed by atoms with Crippen LogP contribution in [-0.2, 0) is 13.2 Å². The van der Waals surface area contributed by atoms with Crippen LogP contribution in [0.25, 0.3) is 22.4 Å². The number of nitrogens with two attached hydrogens (primary N) is 1. The number of nitrogens with zero attached hydrogens (tertiary/aromatic N) is 3. The monoisotopic (exact) mass is 483 g/mol. The second-order valence-electron chi connectivity index (χ2n) is 9.07. The van der Waals surface area contributed by atoms with Crippen LogP contribution in [0.15, 0.2) is 60.8 Å². The van der Waals surface area contributed by atoms with Crippen LogP contribution in [0, 0.1) is 0 Å². The van der Waals surface area contributed by atoms with Crippen molar-refractivity contribution in [3.63, 3.8) is 0 Å². The number of nitrogen functional groups attached to an aromatic ring is 1. The Morgan fingerprint density at radius 2 is 1.86 bits per heavy atom. The molecule has 0 unspecified atom stereocenters. The van der Waals surface area contributed by atoms with Crippen molar-refractivity contribution >= 4 is 11.7 Å². The molecule has 0 saturated carbocycles. The van der Waals surface area contributed by atoms with Gasteiger partial charge >= 0.3 is 0 Å². The second-order valence-corrected chi connectivity index (χ2v) is 9.07. The highest BCUT2D eigenvalue weighted by atomic mass is 16.5. The summed E-state index contributed by atoms with van der Waals surface area (Å²) in [5, 5.41) is 7.68. The topological polar surface area (TPSA) is 104 Å². The van der Waals surface area contributed by atoms with Gasteiger partial charge in [0.05, 0.1) is 13.7 Å². The molecule has 0 atom stereocenters. The summed E-state index contributed by atoms with van der Waals surface area (Å²) in [6.07, 6.45) is 1.64.